The molecular weight excluding hydrogens is 315 g/mol. The van der Waals surface area contributed by atoms with Crippen LogP contribution < -0.4 is 5.32 Å². The van der Waals surface area contributed by atoms with E-state index in [-0.39, 0.29) is 17.8 Å². The highest BCUT2D eigenvalue weighted by Crippen LogP contribution is 2.25. The highest BCUT2D eigenvalue weighted by molar-refractivity contribution is 7.10. The van der Waals surface area contributed by atoms with Gasteiger partial charge in [-0.05, 0) is 35.7 Å². The van der Waals surface area contributed by atoms with Gasteiger partial charge < -0.3 is 10.1 Å². The molecule has 1 atom stereocenters. The molecule has 122 valence electrons. The van der Waals surface area contributed by atoms with Gasteiger partial charge >= 0.3 is 0 Å². The second-order valence-electron chi connectivity index (χ2n) is 5.40. The highest BCUT2D eigenvalue weighted by atomic mass is 32.1. The molecular formula is C17H19FN2O2S. The lowest BCUT2D eigenvalue weighted by Crippen LogP contribution is -2.43. The maximum atomic E-state index is 12.9. The molecule has 0 aliphatic carbocycles. The molecule has 1 aliphatic rings. The second kappa shape index (κ2) is 7.68. The molecule has 3 rings (SSSR count). The number of amides is 1. The summed E-state index contributed by atoms with van der Waals surface area (Å²) in [4.78, 5) is 15.8. The first kappa shape index (κ1) is 16.1. The van der Waals surface area contributed by atoms with Gasteiger partial charge in [-0.2, -0.15) is 0 Å². The van der Waals surface area contributed by atoms with Gasteiger partial charge in [0.05, 0.1) is 19.3 Å². The van der Waals surface area contributed by atoms with E-state index >= 15 is 0 Å². The lowest BCUT2D eigenvalue weighted by Gasteiger charge is -2.34. The summed E-state index contributed by atoms with van der Waals surface area (Å²) < 4.78 is 18.4. The molecule has 23 heavy (non-hydrogen) atoms. The fraction of sp³-hybridized carbons (Fsp3) is 0.353. The molecule has 6 heteroatoms. The Bertz CT molecular complexity index is 625. The van der Waals surface area contributed by atoms with Crippen LogP contribution in [0.15, 0.2) is 41.8 Å². The van der Waals surface area contributed by atoms with Gasteiger partial charge in [-0.15, -0.1) is 11.3 Å². The SMILES string of the molecule is O=C(NC[C@@H](c1cccs1)N1CCOCC1)c1ccc(F)cc1. The monoisotopic (exact) mass is 334 g/mol. The maximum Gasteiger partial charge on any atom is 0.251 e. The van der Waals surface area contributed by atoms with Gasteiger partial charge in [0.25, 0.3) is 5.91 Å². The number of thiophene rings is 1. The normalized spacial score (nSPS) is 16.9. The Labute approximate surface area is 138 Å². The Morgan fingerprint density at radius 3 is 2.65 bits per heavy atom. The Kier molecular flexibility index (Phi) is 5.38. The number of ether oxygens (including phenoxy) is 1. The molecule has 0 bridgehead atoms. The summed E-state index contributed by atoms with van der Waals surface area (Å²) in [6.45, 7) is 3.67. The Hall–Kier alpha value is -1.76. The Morgan fingerprint density at radius 2 is 2.00 bits per heavy atom. The largest absolute Gasteiger partial charge is 0.379 e. The second-order valence-corrected chi connectivity index (χ2v) is 6.38. The molecule has 0 radical (unpaired) electrons. The predicted molar refractivity (Wildman–Crippen MR) is 88.2 cm³/mol. The van der Waals surface area contributed by atoms with Crippen LogP contribution in [-0.2, 0) is 4.74 Å². The van der Waals surface area contributed by atoms with Crippen molar-refractivity contribution in [3.63, 3.8) is 0 Å². The molecule has 1 aliphatic heterocycles. The summed E-state index contributed by atoms with van der Waals surface area (Å²) in [6, 6.07) is 9.85. The number of rotatable bonds is 5. The van der Waals surface area contributed by atoms with Crippen LogP contribution >= 0.6 is 11.3 Å². The number of hydrogen-bond acceptors (Lipinski definition) is 4. The number of benzene rings is 1. The molecule has 2 heterocycles. The van der Waals surface area contributed by atoms with Gasteiger partial charge in [0.1, 0.15) is 5.82 Å². The Balaban J connectivity index is 1.66. The summed E-state index contributed by atoms with van der Waals surface area (Å²) in [6.07, 6.45) is 0. The zero-order valence-electron chi connectivity index (χ0n) is 12.7. The average Bonchev–Trinajstić information content (AvgIpc) is 3.11. The summed E-state index contributed by atoms with van der Waals surface area (Å²) in [5.41, 5.74) is 0.471. The van der Waals surface area contributed by atoms with Gasteiger partial charge in [0, 0.05) is 30.1 Å². The summed E-state index contributed by atoms with van der Waals surface area (Å²) >= 11 is 1.69. The maximum absolute atomic E-state index is 12.9. The minimum atomic E-state index is -0.341. The van der Waals surface area contributed by atoms with E-state index in [0.717, 1.165) is 13.1 Å². The van der Waals surface area contributed by atoms with E-state index in [9.17, 15) is 9.18 Å². The Morgan fingerprint density at radius 1 is 1.26 bits per heavy atom. The average molecular weight is 334 g/mol. The zero-order chi connectivity index (χ0) is 16.1. The van der Waals surface area contributed by atoms with E-state index in [1.165, 1.54) is 29.1 Å². The molecule has 1 aromatic heterocycles. The van der Waals surface area contributed by atoms with Crippen molar-refractivity contribution in [2.24, 2.45) is 0 Å². The van der Waals surface area contributed by atoms with Crippen molar-refractivity contribution in [3.05, 3.63) is 58.0 Å². The van der Waals surface area contributed by atoms with Crippen molar-refractivity contribution in [2.75, 3.05) is 32.8 Å². The van der Waals surface area contributed by atoms with Gasteiger partial charge in [-0.1, -0.05) is 6.07 Å². The lowest BCUT2D eigenvalue weighted by molar-refractivity contribution is 0.0169. The third-order valence-electron chi connectivity index (χ3n) is 3.92. The summed E-state index contributed by atoms with van der Waals surface area (Å²) in [7, 11) is 0. The van der Waals surface area contributed by atoms with Crippen LogP contribution in [0.5, 0.6) is 0 Å². The molecule has 0 saturated carbocycles. The highest BCUT2D eigenvalue weighted by Gasteiger charge is 2.24. The third kappa shape index (κ3) is 4.16. The van der Waals surface area contributed by atoms with Gasteiger partial charge in [0.15, 0.2) is 0 Å². The van der Waals surface area contributed by atoms with Crippen LogP contribution in [0.4, 0.5) is 4.39 Å². The molecule has 1 saturated heterocycles. The molecule has 1 amide bonds. The predicted octanol–water partition coefficient (Wildman–Crippen LogP) is 2.69. The first-order valence-corrected chi connectivity index (χ1v) is 8.51. The number of nitrogens with one attached hydrogen (secondary N) is 1. The molecule has 1 aromatic carbocycles. The quantitative estimate of drug-likeness (QED) is 0.914. The van der Waals surface area contributed by atoms with E-state index in [0.29, 0.717) is 25.3 Å². The number of carbonyl (C=O) groups excluding carboxylic acids is 1. The van der Waals surface area contributed by atoms with Crippen LogP contribution in [0.25, 0.3) is 0 Å². The van der Waals surface area contributed by atoms with Crippen molar-refractivity contribution in [3.8, 4) is 0 Å². The van der Waals surface area contributed by atoms with Crippen LogP contribution in [0.1, 0.15) is 21.3 Å². The van der Waals surface area contributed by atoms with Crippen LogP contribution in [0.2, 0.25) is 0 Å². The first-order valence-electron chi connectivity index (χ1n) is 7.63. The smallest absolute Gasteiger partial charge is 0.251 e. The number of nitrogens with zero attached hydrogens (tertiary/aromatic N) is 1. The van der Waals surface area contributed by atoms with Crippen LogP contribution in [-0.4, -0.2) is 43.7 Å². The van der Waals surface area contributed by atoms with Gasteiger partial charge in [-0.25, -0.2) is 4.39 Å². The molecule has 1 N–H and O–H groups in total. The van der Waals surface area contributed by atoms with E-state index in [4.69, 9.17) is 4.74 Å². The zero-order valence-corrected chi connectivity index (χ0v) is 13.5. The first-order chi connectivity index (χ1) is 11.2. The van der Waals surface area contributed by atoms with Gasteiger partial charge in [0.2, 0.25) is 0 Å². The van der Waals surface area contributed by atoms with Crippen molar-refractivity contribution < 1.29 is 13.9 Å². The molecule has 4 nitrogen and oxygen atoms in total. The van der Waals surface area contributed by atoms with E-state index in [1.54, 1.807) is 11.3 Å². The van der Waals surface area contributed by atoms with Crippen LogP contribution in [0.3, 0.4) is 0 Å². The lowest BCUT2D eigenvalue weighted by atomic mass is 10.1. The molecule has 0 unspecified atom stereocenters. The molecule has 2 aromatic rings. The van der Waals surface area contributed by atoms with Crippen molar-refractivity contribution in [2.45, 2.75) is 6.04 Å². The number of hydrogen-bond donors (Lipinski definition) is 1. The van der Waals surface area contributed by atoms with Gasteiger partial charge in [-0.3, -0.25) is 9.69 Å². The fourth-order valence-corrected chi connectivity index (χ4v) is 3.53. The summed E-state index contributed by atoms with van der Waals surface area (Å²) in [5.74, 6) is -0.522. The minimum Gasteiger partial charge on any atom is -0.379 e. The topological polar surface area (TPSA) is 41.6 Å². The molecule has 0 spiro atoms. The van der Waals surface area contributed by atoms with Crippen LogP contribution in [0, 0.1) is 5.82 Å². The van der Waals surface area contributed by atoms with E-state index in [1.807, 2.05) is 11.4 Å². The van der Waals surface area contributed by atoms with E-state index < -0.39 is 0 Å². The van der Waals surface area contributed by atoms with E-state index in [2.05, 4.69) is 16.3 Å². The van der Waals surface area contributed by atoms with Crippen molar-refractivity contribution in [1.29, 1.82) is 0 Å². The third-order valence-corrected chi connectivity index (χ3v) is 4.89. The van der Waals surface area contributed by atoms with Crippen molar-refractivity contribution in [1.82, 2.24) is 10.2 Å². The number of halogens is 1. The standard InChI is InChI=1S/C17H19FN2O2S/c18-14-5-3-13(4-6-14)17(21)19-12-15(16-2-1-11-23-16)20-7-9-22-10-8-20/h1-6,11,15H,7-10,12H2,(H,19,21)/t15-/m0/s1. The number of carbonyl (C=O) groups is 1. The minimum absolute atomic E-state index is 0.142. The summed E-state index contributed by atoms with van der Waals surface area (Å²) in [5, 5.41) is 5.01. The molecule has 1 fully saturated rings. The fourth-order valence-electron chi connectivity index (χ4n) is 2.67. The number of morpholine rings is 1. The van der Waals surface area contributed by atoms with Crippen molar-refractivity contribution >= 4 is 17.2 Å².